The molecule has 0 N–H and O–H groups in total. The summed E-state index contributed by atoms with van der Waals surface area (Å²) in [6.45, 7) is 2.40. The average molecular weight is 647 g/mol. The molecule has 5 rings (SSSR count). The number of rotatable bonds is 8. The minimum absolute atomic E-state index is 0.0232. The van der Waals surface area contributed by atoms with Gasteiger partial charge in [-0.15, -0.1) is 11.3 Å². The molecule has 1 amide bonds. The van der Waals surface area contributed by atoms with E-state index in [0.717, 1.165) is 72.1 Å². The summed E-state index contributed by atoms with van der Waals surface area (Å²) < 4.78 is 60.1. The number of carbonyl (C=O) groups excluding carboxylic acids is 1. The fraction of sp³-hybridized carbons (Fsp3) is 0.344. The molecular formula is C32H33ClF2N2O4S2. The number of thiophene rings is 1. The molecule has 0 bridgehead atoms. The molecule has 0 saturated heterocycles. The van der Waals surface area contributed by atoms with Gasteiger partial charge >= 0.3 is 0 Å². The number of anilines is 1. The summed E-state index contributed by atoms with van der Waals surface area (Å²) in [6.07, 6.45) is 4.67. The van der Waals surface area contributed by atoms with Gasteiger partial charge in [-0.1, -0.05) is 36.7 Å². The average Bonchev–Trinajstić information content (AvgIpc) is 3.35. The first-order chi connectivity index (χ1) is 20.4. The van der Waals surface area contributed by atoms with Crippen molar-refractivity contribution in [3.63, 3.8) is 0 Å². The van der Waals surface area contributed by atoms with E-state index < -0.39 is 21.7 Å². The molecule has 4 aromatic rings. The van der Waals surface area contributed by atoms with Crippen LogP contribution in [0.4, 0.5) is 14.5 Å². The van der Waals surface area contributed by atoms with Crippen LogP contribution in [-0.2, 0) is 16.6 Å². The minimum Gasteiger partial charge on any atom is -0.496 e. The van der Waals surface area contributed by atoms with E-state index in [1.807, 2.05) is 30.3 Å². The van der Waals surface area contributed by atoms with Gasteiger partial charge in [0.15, 0.2) is 0 Å². The van der Waals surface area contributed by atoms with Crippen molar-refractivity contribution in [1.29, 1.82) is 0 Å². The van der Waals surface area contributed by atoms with Gasteiger partial charge in [0.2, 0.25) is 10.0 Å². The zero-order valence-electron chi connectivity index (χ0n) is 24.4. The summed E-state index contributed by atoms with van der Waals surface area (Å²) in [6, 6.07) is 14.8. The van der Waals surface area contributed by atoms with Crippen LogP contribution in [0.2, 0.25) is 5.02 Å². The van der Waals surface area contributed by atoms with Crippen molar-refractivity contribution in [2.75, 3.05) is 24.7 Å². The van der Waals surface area contributed by atoms with E-state index in [2.05, 4.69) is 6.92 Å². The van der Waals surface area contributed by atoms with Gasteiger partial charge < -0.3 is 9.64 Å². The van der Waals surface area contributed by atoms with Crippen molar-refractivity contribution in [1.82, 2.24) is 4.90 Å². The summed E-state index contributed by atoms with van der Waals surface area (Å²) >= 11 is 7.43. The number of ether oxygens (including phenoxy) is 1. The Morgan fingerprint density at radius 3 is 2.23 bits per heavy atom. The van der Waals surface area contributed by atoms with E-state index in [-0.39, 0.29) is 38.5 Å². The van der Waals surface area contributed by atoms with Crippen LogP contribution in [0.3, 0.4) is 0 Å². The molecule has 0 unspecified atom stereocenters. The fourth-order valence-corrected chi connectivity index (χ4v) is 7.62. The maximum Gasteiger partial charge on any atom is 0.266 e. The van der Waals surface area contributed by atoms with Crippen molar-refractivity contribution in [2.24, 2.45) is 5.92 Å². The van der Waals surface area contributed by atoms with E-state index in [0.29, 0.717) is 17.4 Å². The molecule has 0 aliphatic heterocycles. The standard InChI is InChI=1S/C32H33ClF2N2O4S2/c1-19-5-10-24(11-6-19)37(32(38)31-29(33)28-25(34)14-15-26(35)30(28)42-31)18-22-17-21(9-16-27(22)41-3)20-7-12-23(13-8-20)36(2)43(4,39)40/h7-9,12-17,19,24H,5-6,10-11,18H2,1-4H3. The maximum atomic E-state index is 14.7. The molecule has 1 aliphatic carbocycles. The highest BCUT2D eigenvalue weighted by Crippen LogP contribution is 2.41. The first kappa shape index (κ1) is 31.2. The monoisotopic (exact) mass is 646 g/mol. The number of benzene rings is 3. The van der Waals surface area contributed by atoms with Crippen LogP contribution in [0.5, 0.6) is 5.75 Å². The topological polar surface area (TPSA) is 66.9 Å². The highest BCUT2D eigenvalue weighted by molar-refractivity contribution is 7.92. The quantitative estimate of drug-likeness (QED) is 0.194. The Balaban J connectivity index is 1.53. The van der Waals surface area contributed by atoms with Crippen LogP contribution in [-0.4, -0.2) is 45.7 Å². The summed E-state index contributed by atoms with van der Waals surface area (Å²) in [5.74, 6) is -0.517. The first-order valence-electron chi connectivity index (χ1n) is 14.0. The van der Waals surface area contributed by atoms with Gasteiger partial charge in [0.25, 0.3) is 5.91 Å². The maximum absolute atomic E-state index is 14.7. The summed E-state index contributed by atoms with van der Waals surface area (Å²) in [5, 5.41) is -0.146. The number of halogens is 3. The lowest BCUT2D eigenvalue weighted by molar-refractivity contribution is 0.0597. The van der Waals surface area contributed by atoms with E-state index >= 15 is 0 Å². The third-order valence-electron chi connectivity index (χ3n) is 8.25. The molecule has 11 heteroatoms. The summed E-state index contributed by atoms with van der Waals surface area (Å²) in [4.78, 5) is 16.1. The third-order valence-corrected chi connectivity index (χ3v) is 11.1. The zero-order chi connectivity index (χ0) is 31.1. The molecule has 1 aliphatic rings. The summed E-state index contributed by atoms with van der Waals surface area (Å²) in [5.41, 5.74) is 3.02. The van der Waals surface area contributed by atoms with Crippen molar-refractivity contribution in [2.45, 2.75) is 45.2 Å². The number of nitrogens with zero attached hydrogens (tertiary/aromatic N) is 2. The second-order valence-corrected chi connectivity index (χ2v) is 14.5. The fourth-order valence-electron chi connectivity index (χ4n) is 5.61. The lowest BCUT2D eigenvalue weighted by Crippen LogP contribution is -2.41. The highest BCUT2D eigenvalue weighted by atomic mass is 35.5. The Kier molecular flexibility index (Phi) is 9.02. The number of fused-ring (bicyclic) bond motifs is 1. The molecule has 3 aromatic carbocycles. The van der Waals surface area contributed by atoms with Crippen LogP contribution >= 0.6 is 22.9 Å². The van der Waals surface area contributed by atoms with E-state index in [1.54, 1.807) is 24.1 Å². The molecule has 1 fully saturated rings. The number of methoxy groups -OCH3 is 1. The molecule has 1 saturated carbocycles. The van der Waals surface area contributed by atoms with Crippen LogP contribution in [0.25, 0.3) is 21.2 Å². The second-order valence-electron chi connectivity index (χ2n) is 11.1. The molecule has 6 nitrogen and oxygen atoms in total. The van der Waals surface area contributed by atoms with Crippen LogP contribution < -0.4 is 9.04 Å². The van der Waals surface area contributed by atoms with Crippen LogP contribution in [0, 0.1) is 17.6 Å². The molecule has 43 heavy (non-hydrogen) atoms. The Morgan fingerprint density at radius 1 is 1.00 bits per heavy atom. The molecule has 1 aromatic heterocycles. The van der Waals surface area contributed by atoms with Gasteiger partial charge in [-0.05, 0) is 79.1 Å². The normalized spacial score (nSPS) is 17.2. The van der Waals surface area contributed by atoms with Gasteiger partial charge in [-0.2, -0.15) is 0 Å². The van der Waals surface area contributed by atoms with Crippen molar-refractivity contribution < 1.29 is 26.7 Å². The number of sulfonamides is 1. The van der Waals surface area contributed by atoms with Crippen molar-refractivity contribution >= 4 is 54.6 Å². The van der Waals surface area contributed by atoms with Crippen LogP contribution in [0.1, 0.15) is 47.8 Å². The predicted octanol–water partition coefficient (Wildman–Crippen LogP) is 8.13. The van der Waals surface area contributed by atoms with E-state index in [1.165, 1.54) is 11.4 Å². The van der Waals surface area contributed by atoms with Gasteiger partial charge in [0.1, 0.15) is 22.3 Å². The Hall–Kier alpha value is -3.21. The van der Waals surface area contributed by atoms with Gasteiger partial charge in [0.05, 0.1) is 34.2 Å². The Morgan fingerprint density at radius 2 is 1.63 bits per heavy atom. The zero-order valence-corrected chi connectivity index (χ0v) is 26.8. The summed E-state index contributed by atoms with van der Waals surface area (Å²) in [7, 11) is -0.330. The number of hydrogen-bond donors (Lipinski definition) is 0. The highest BCUT2D eigenvalue weighted by Gasteiger charge is 2.32. The SMILES string of the molecule is COc1ccc(-c2ccc(N(C)S(C)(=O)=O)cc2)cc1CN(C(=O)c1sc2c(F)ccc(F)c2c1Cl)C1CCC(C)CC1. The second kappa shape index (κ2) is 12.4. The van der Waals surface area contributed by atoms with Gasteiger partial charge in [0, 0.05) is 25.2 Å². The number of hydrogen-bond acceptors (Lipinski definition) is 5. The molecule has 1 heterocycles. The molecule has 228 valence electrons. The number of amides is 1. The van der Waals surface area contributed by atoms with Gasteiger partial charge in [-0.25, -0.2) is 17.2 Å². The van der Waals surface area contributed by atoms with Crippen molar-refractivity contribution in [3.8, 4) is 16.9 Å². The molecule has 0 spiro atoms. The minimum atomic E-state index is -3.40. The van der Waals surface area contributed by atoms with Crippen molar-refractivity contribution in [3.05, 3.63) is 81.7 Å². The molecular weight excluding hydrogens is 614 g/mol. The van der Waals surface area contributed by atoms with Gasteiger partial charge in [-0.3, -0.25) is 9.10 Å². The van der Waals surface area contributed by atoms with E-state index in [4.69, 9.17) is 16.3 Å². The third kappa shape index (κ3) is 6.37. The first-order valence-corrected chi connectivity index (χ1v) is 17.0. The van der Waals surface area contributed by atoms with Crippen LogP contribution in [0.15, 0.2) is 54.6 Å². The largest absolute Gasteiger partial charge is 0.496 e. The van der Waals surface area contributed by atoms with E-state index in [9.17, 15) is 22.0 Å². The Labute approximate surface area is 259 Å². The predicted molar refractivity (Wildman–Crippen MR) is 170 cm³/mol. The smallest absolute Gasteiger partial charge is 0.266 e. The molecule has 0 radical (unpaired) electrons. The molecule has 0 atom stereocenters. The Bertz CT molecular complexity index is 1770. The number of carbonyl (C=O) groups is 1. The lowest BCUT2D eigenvalue weighted by atomic mass is 9.86. The lowest BCUT2D eigenvalue weighted by Gasteiger charge is -2.36.